The predicted molar refractivity (Wildman–Crippen MR) is 92.6 cm³/mol. The number of halogens is 1. The maximum absolute atomic E-state index is 12.1. The summed E-state index contributed by atoms with van der Waals surface area (Å²) in [6.45, 7) is 9.27. The van der Waals surface area contributed by atoms with Gasteiger partial charge in [-0.1, -0.05) is 23.7 Å². The molecular weight excluding hydrogens is 312 g/mol. The number of nitrogens with one attached hydrogen (secondary N) is 2. The van der Waals surface area contributed by atoms with E-state index in [-0.39, 0.29) is 12.1 Å². The summed E-state index contributed by atoms with van der Waals surface area (Å²) in [4.78, 5) is 12.1. The minimum atomic E-state index is -0.199. The van der Waals surface area contributed by atoms with E-state index < -0.39 is 0 Å². The van der Waals surface area contributed by atoms with Gasteiger partial charge in [0.2, 0.25) is 0 Å². The van der Waals surface area contributed by atoms with Crippen LogP contribution < -0.4 is 10.6 Å². The third kappa shape index (κ3) is 4.26. The van der Waals surface area contributed by atoms with Crippen molar-refractivity contribution in [3.8, 4) is 0 Å². The van der Waals surface area contributed by atoms with Crippen molar-refractivity contribution in [1.29, 1.82) is 0 Å². The molecule has 0 spiro atoms. The van der Waals surface area contributed by atoms with Crippen LogP contribution in [0.3, 0.4) is 0 Å². The van der Waals surface area contributed by atoms with Crippen molar-refractivity contribution in [3.05, 3.63) is 51.8 Å². The van der Waals surface area contributed by atoms with Gasteiger partial charge in [0, 0.05) is 29.4 Å². The van der Waals surface area contributed by atoms with Crippen molar-refractivity contribution < 1.29 is 4.79 Å². The first-order valence-corrected chi connectivity index (χ1v) is 8.12. The van der Waals surface area contributed by atoms with Gasteiger partial charge in [0.1, 0.15) is 0 Å². The lowest BCUT2D eigenvalue weighted by molar-refractivity contribution is 0.237. The number of nitrogens with zero attached hydrogens (tertiary/aromatic N) is 2. The Labute approximate surface area is 142 Å². The van der Waals surface area contributed by atoms with Crippen molar-refractivity contribution >= 4 is 17.6 Å². The van der Waals surface area contributed by atoms with E-state index in [9.17, 15) is 4.79 Å². The second-order valence-electron chi connectivity index (χ2n) is 5.57. The Hall–Kier alpha value is -2.01. The zero-order valence-electron chi connectivity index (χ0n) is 14.0. The monoisotopic (exact) mass is 334 g/mol. The average molecular weight is 335 g/mol. The molecule has 1 aromatic carbocycles. The Morgan fingerprint density at radius 3 is 2.52 bits per heavy atom. The molecule has 0 unspecified atom stereocenters. The Bertz CT molecular complexity index is 679. The van der Waals surface area contributed by atoms with Gasteiger partial charge in [-0.25, -0.2) is 4.79 Å². The molecule has 23 heavy (non-hydrogen) atoms. The van der Waals surface area contributed by atoms with Gasteiger partial charge in [0.25, 0.3) is 0 Å². The van der Waals surface area contributed by atoms with Crippen molar-refractivity contribution in [2.24, 2.45) is 0 Å². The first kappa shape index (κ1) is 17.3. The lowest BCUT2D eigenvalue weighted by Crippen LogP contribution is -2.36. The number of urea groups is 1. The van der Waals surface area contributed by atoms with Gasteiger partial charge in [-0.15, -0.1) is 0 Å². The molecule has 0 saturated heterocycles. The van der Waals surface area contributed by atoms with Crippen LogP contribution in [0.15, 0.2) is 24.3 Å². The number of hydrogen-bond acceptors (Lipinski definition) is 2. The smallest absolute Gasteiger partial charge is 0.315 e. The van der Waals surface area contributed by atoms with Gasteiger partial charge in [-0.3, -0.25) is 4.68 Å². The van der Waals surface area contributed by atoms with Crippen LogP contribution in [0.4, 0.5) is 4.79 Å². The maximum Gasteiger partial charge on any atom is 0.315 e. The molecule has 2 N–H and O–H groups in total. The highest BCUT2D eigenvalue weighted by Gasteiger charge is 2.13. The van der Waals surface area contributed by atoms with Crippen LogP contribution in [0.2, 0.25) is 5.02 Å². The summed E-state index contributed by atoms with van der Waals surface area (Å²) in [6.07, 6.45) is 0. The molecule has 124 valence electrons. The fourth-order valence-corrected chi connectivity index (χ4v) is 2.67. The number of carbonyl (C=O) groups is 1. The van der Waals surface area contributed by atoms with Crippen molar-refractivity contribution in [2.45, 2.75) is 46.8 Å². The second kappa shape index (κ2) is 7.51. The van der Waals surface area contributed by atoms with E-state index in [1.54, 1.807) is 0 Å². The van der Waals surface area contributed by atoms with Gasteiger partial charge in [-0.05, 0) is 45.4 Å². The van der Waals surface area contributed by atoms with Gasteiger partial charge < -0.3 is 10.6 Å². The van der Waals surface area contributed by atoms with E-state index in [0.29, 0.717) is 11.6 Å². The Morgan fingerprint density at radius 2 is 1.96 bits per heavy atom. The maximum atomic E-state index is 12.1. The van der Waals surface area contributed by atoms with Crippen LogP contribution in [0.1, 0.15) is 42.4 Å². The minimum absolute atomic E-state index is 0.0900. The summed E-state index contributed by atoms with van der Waals surface area (Å²) in [5, 5.41) is 11.0. The highest BCUT2D eigenvalue weighted by molar-refractivity contribution is 6.30. The molecule has 0 aliphatic carbocycles. The molecule has 0 fully saturated rings. The number of aromatic nitrogens is 2. The number of benzene rings is 1. The SMILES string of the molecule is CCn1nc(C)c(CNC(=O)N[C@H](C)c2ccc(Cl)cc2)c1C. The summed E-state index contributed by atoms with van der Waals surface area (Å²) in [6, 6.07) is 7.17. The summed E-state index contributed by atoms with van der Waals surface area (Å²) < 4.78 is 1.95. The van der Waals surface area contributed by atoms with Gasteiger partial charge >= 0.3 is 6.03 Å². The standard InChI is InChI=1S/C17H23ClN4O/c1-5-22-13(4)16(12(3)21-22)10-19-17(23)20-11(2)14-6-8-15(18)9-7-14/h6-9,11H,5,10H2,1-4H3,(H2,19,20,23)/t11-/m1/s1. The molecule has 1 atom stereocenters. The number of carbonyl (C=O) groups excluding carboxylic acids is 1. The molecule has 0 radical (unpaired) electrons. The van der Waals surface area contributed by atoms with E-state index in [4.69, 9.17) is 11.6 Å². The molecule has 5 nitrogen and oxygen atoms in total. The van der Waals surface area contributed by atoms with E-state index in [0.717, 1.165) is 29.1 Å². The largest absolute Gasteiger partial charge is 0.334 e. The summed E-state index contributed by atoms with van der Waals surface area (Å²) in [5.74, 6) is 0. The van der Waals surface area contributed by atoms with E-state index in [1.165, 1.54) is 0 Å². The van der Waals surface area contributed by atoms with Crippen molar-refractivity contribution in [2.75, 3.05) is 0 Å². The van der Waals surface area contributed by atoms with Crippen LogP contribution in [-0.2, 0) is 13.1 Å². The molecule has 2 amide bonds. The topological polar surface area (TPSA) is 59.0 Å². The third-order valence-electron chi connectivity index (χ3n) is 3.97. The lowest BCUT2D eigenvalue weighted by Gasteiger charge is -2.15. The Balaban J connectivity index is 1.92. The minimum Gasteiger partial charge on any atom is -0.334 e. The normalized spacial score (nSPS) is 12.0. The van der Waals surface area contributed by atoms with Crippen LogP contribution in [0, 0.1) is 13.8 Å². The van der Waals surface area contributed by atoms with Crippen molar-refractivity contribution in [3.63, 3.8) is 0 Å². The Kier molecular flexibility index (Phi) is 5.66. The van der Waals surface area contributed by atoms with Crippen LogP contribution >= 0.6 is 11.6 Å². The molecule has 0 aliphatic heterocycles. The molecule has 2 aromatic rings. The molecule has 6 heteroatoms. The number of aryl methyl sites for hydroxylation is 2. The summed E-state index contributed by atoms with van der Waals surface area (Å²) in [7, 11) is 0. The fraction of sp³-hybridized carbons (Fsp3) is 0.412. The number of hydrogen-bond donors (Lipinski definition) is 2. The molecule has 1 aromatic heterocycles. The first-order chi connectivity index (χ1) is 10.9. The molecule has 1 heterocycles. The second-order valence-corrected chi connectivity index (χ2v) is 6.00. The highest BCUT2D eigenvalue weighted by Crippen LogP contribution is 2.16. The van der Waals surface area contributed by atoms with E-state index in [1.807, 2.05) is 49.7 Å². The average Bonchev–Trinajstić information content (AvgIpc) is 2.79. The van der Waals surface area contributed by atoms with E-state index >= 15 is 0 Å². The zero-order valence-corrected chi connectivity index (χ0v) is 14.7. The molecule has 0 saturated carbocycles. The fourth-order valence-electron chi connectivity index (χ4n) is 2.55. The lowest BCUT2D eigenvalue weighted by atomic mass is 10.1. The molecular formula is C17H23ClN4O. The summed E-state index contributed by atoms with van der Waals surface area (Å²) >= 11 is 5.88. The first-order valence-electron chi connectivity index (χ1n) is 7.75. The molecule has 0 bridgehead atoms. The predicted octanol–water partition coefficient (Wildman–Crippen LogP) is 3.73. The van der Waals surface area contributed by atoms with Crippen LogP contribution in [0.25, 0.3) is 0 Å². The molecule has 2 rings (SSSR count). The van der Waals surface area contributed by atoms with Crippen molar-refractivity contribution in [1.82, 2.24) is 20.4 Å². The Morgan fingerprint density at radius 1 is 1.30 bits per heavy atom. The highest BCUT2D eigenvalue weighted by atomic mass is 35.5. The van der Waals surface area contributed by atoms with Gasteiger partial charge in [-0.2, -0.15) is 5.10 Å². The van der Waals surface area contributed by atoms with Crippen LogP contribution in [0.5, 0.6) is 0 Å². The van der Waals surface area contributed by atoms with Gasteiger partial charge in [0.15, 0.2) is 0 Å². The number of rotatable bonds is 5. The third-order valence-corrected chi connectivity index (χ3v) is 4.23. The summed E-state index contributed by atoms with van der Waals surface area (Å²) in [5.41, 5.74) is 4.13. The van der Waals surface area contributed by atoms with E-state index in [2.05, 4.69) is 22.7 Å². The van der Waals surface area contributed by atoms with Crippen LogP contribution in [-0.4, -0.2) is 15.8 Å². The zero-order chi connectivity index (χ0) is 17.0. The van der Waals surface area contributed by atoms with Gasteiger partial charge in [0.05, 0.1) is 11.7 Å². The molecule has 0 aliphatic rings. The number of amides is 2. The quantitative estimate of drug-likeness (QED) is 0.875.